The third-order valence-electron chi connectivity index (χ3n) is 4.43. The van der Waals surface area contributed by atoms with Crippen LogP contribution in [0.1, 0.15) is 32.0 Å². The number of ether oxygens (including phenoxy) is 1. The zero-order chi connectivity index (χ0) is 21.5. The Morgan fingerprint density at radius 3 is 2.43 bits per heavy atom. The fourth-order valence-electron chi connectivity index (χ4n) is 2.75. The van der Waals surface area contributed by atoms with Gasteiger partial charge < -0.3 is 14.6 Å². The predicted octanol–water partition coefficient (Wildman–Crippen LogP) is 3.16. The Kier molecular flexibility index (Phi) is 7.26. The number of aryl methyl sites for hydroxylation is 1. The maximum absolute atomic E-state index is 13.1. The van der Waals surface area contributed by atoms with Gasteiger partial charge in [0.1, 0.15) is 5.82 Å². The Hall–Kier alpha value is -3.10. The van der Waals surface area contributed by atoms with E-state index in [0.29, 0.717) is 35.6 Å². The lowest BCUT2D eigenvalue weighted by Gasteiger charge is -2.08. The summed E-state index contributed by atoms with van der Waals surface area (Å²) in [4.78, 5) is 29.3. The van der Waals surface area contributed by atoms with Crippen LogP contribution in [-0.2, 0) is 11.3 Å². The minimum atomic E-state index is -0.423. The second-order valence-electron chi connectivity index (χ2n) is 6.62. The van der Waals surface area contributed by atoms with Gasteiger partial charge in [-0.05, 0) is 48.9 Å². The quantitative estimate of drug-likeness (QED) is 0.589. The van der Waals surface area contributed by atoms with Crippen molar-refractivity contribution in [1.29, 1.82) is 0 Å². The normalized spacial score (nSPS) is 11.5. The number of hydrogen-bond donors (Lipinski definition) is 1. The first-order valence-electron chi connectivity index (χ1n) is 9.33. The maximum atomic E-state index is 13.1. The molecule has 0 saturated carbocycles. The van der Waals surface area contributed by atoms with Crippen molar-refractivity contribution < 1.29 is 18.7 Å². The molecule has 0 atom stereocenters. The van der Waals surface area contributed by atoms with Gasteiger partial charge in [-0.1, -0.05) is 12.1 Å². The lowest BCUT2D eigenvalue weighted by Crippen LogP contribution is -2.26. The van der Waals surface area contributed by atoms with Gasteiger partial charge in [0, 0.05) is 35.9 Å². The van der Waals surface area contributed by atoms with E-state index in [1.165, 1.54) is 35.6 Å². The molecule has 0 aliphatic carbocycles. The summed E-state index contributed by atoms with van der Waals surface area (Å²) in [5.74, 6) is -0.975. The van der Waals surface area contributed by atoms with Gasteiger partial charge in [0.15, 0.2) is 4.80 Å². The van der Waals surface area contributed by atoms with Gasteiger partial charge in [-0.2, -0.15) is 4.99 Å². The molecule has 6 nitrogen and oxygen atoms in total. The molecule has 0 unspecified atom stereocenters. The maximum Gasteiger partial charge on any atom is 0.279 e. The van der Waals surface area contributed by atoms with E-state index in [1.54, 1.807) is 19.2 Å². The molecule has 156 valence electrons. The van der Waals surface area contributed by atoms with Crippen LogP contribution in [0.15, 0.2) is 58.9 Å². The van der Waals surface area contributed by atoms with Crippen LogP contribution in [0.5, 0.6) is 0 Å². The van der Waals surface area contributed by atoms with E-state index in [9.17, 15) is 14.0 Å². The molecule has 0 radical (unpaired) electrons. The lowest BCUT2D eigenvalue weighted by molar-refractivity contribution is 0.0936. The Labute approximate surface area is 177 Å². The molecular weight excluding hydrogens is 405 g/mol. The average Bonchev–Trinajstić information content (AvgIpc) is 3.08. The van der Waals surface area contributed by atoms with E-state index in [1.807, 2.05) is 29.0 Å². The molecule has 1 N–H and O–H groups in total. The van der Waals surface area contributed by atoms with Gasteiger partial charge in [0.2, 0.25) is 0 Å². The number of aromatic nitrogens is 1. The number of halogens is 1. The lowest BCUT2D eigenvalue weighted by atomic mass is 10.1. The van der Waals surface area contributed by atoms with Crippen LogP contribution >= 0.6 is 11.3 Å². The highest BCUT2D eigenvalue weighted by Crippen LogP contribution is 2.10. The summed E-state index contributed by atoms with van der Waals surface area (Å²) in [6.07, 6.45) is 0. The van der Waals surface area contributed by atoms with E-state index in [2.05, 4.69) is 10.3 Å². The highest BCUT2D eigenvalue weighted by Gasteiger charge is 2.09. The number of nitrogens with zero attached hydrogens (tertiary/aromatic N) is 2. The van der Waals surface area contributed by atoms with E-state index in [0.717, 1.165) is 11.3 Å². The van der Waals surface area contributed by atoms with Gasteiger partial charge in [0.05, 0.1) is 13.2 Å². The molecule has 1 heterocycles. The molecule has 0 bridgehead atoms. The largest absolute Gasteiger partial charge is 0.383 e. The SMILES string of the molecule is COCCNC(=O)c1ccc(Cn2c(C)csc2=NC(=O)c2ccc(F)cc2)cc1. The fourth-order valence-corrected chi connectivity index (χ4v) is 3.63. The van der Waals surface area contributed by atoms with Crippen LogP contribution in [0.4, 0.5) is 4.39 Å². The van der Waals surface area contributed by atoms with E-state index >= 15 is 0 Å². The van der Waals surface area contributed by atoms with Crippen molar-refractivity contribution in [2.24, 2.45) is 4.99 Å². The number of carbonyl (C=O) groups excluding carboxylic acids is 2. The molecule has 0 fully saturated rings. The van der Waals surface area contributed by atoms with Crippen molar-refractivity contribution in [3.8, 4) is 0 Å². The number of hydrogen-bond acceptors (Lipinski definition) is 4. The number of methoxy groups -OCH3 is 1. The zero-order valence-electron chi connectivity index (χ0n) is 16.7. The average molecular weight is 428 g/mol. The number of carbonyl (C=O) groups is 2. The summed E-state index contributed by atoms with van der Waals surface area (Å²) >= 11 is 1.37. The van der Waals surface area contributed by atoms with Crippen LogP contribution in [-0.4, -0.2) is 36.6 Å². The summed E-state index contributed by atoms with van der Waals surface area (Å²) in [6, 6.07) is 12.6. The first kappa shape index (κ1) is 21.6. The molecule has 2 amide bonds. The second kappa shape index (κ2) is 10.1. The van der Waals surface area contributed by atoms with Crippen molar-refractivity contribution in [1.82, 2.24) is 9.88 Å². The number of thiazole rings is 1. The van der Waals surface area contributed by atoms with Crippen LogP contribution in [0.3, 0.4) is 0 Å². The van der Waals surface area contributed by atoms with Gasteiger partial charge in [-0.25, -0.2) is 4.39 Å². The van der Waals surface area contributed by atoms with E-state index in [4.69, 9.17) is 4.74 Å². The molecule has 30 heavy (non-hydrogen) atoms. The summed E-state index contributed by atoms with van der Waals surface area (Å²) in [6.45, 7) is 3.36. The third kappa shape index (κ3) is 5.49. The van der Waals surface area contributed by atoms with Gasteiger partial charge in [0.25, 0.3) is 11.8 Å². The minimum Gasteiger partial charge on any atom is -0.383 e. The fraction of sp³-hybridized carbons (Fsp3) is 0.227. The molecule has 1 aromatic heterocycles. The molecular formula is C22H22FN3O3S. The van der Waals surface area contributed by atoms with Gasteiger partial charge >= 0.3 is 0 Å². The first-order valence-corrected chi connectivity index (χ1v) is 10.2. The zero-order valence-corrected chi connectivity index (χ0v) is 17.5. The summed E-state index contributed by atoms with van der Waals surface area (Å²) in [5.41, 5.74) is 2.84. The van der Waals surface area contributed by atoms with Crippen molar-refractivity contribution in [2.45, 2.75) is 13.5 Å². The number of amides is 2. The van der Waals surface area contributed by atoms with Crippen LogP contribution in [0, 0.1) is 12.7 Å². The highest BCUT2D eigenvalue weighted by molar-refractivity contribution is 7.07. The van der Waals surface area contributed by atoms with Crippen LogP contribution < -0.4 is 10.1 Å². The van der Waals surface area contributed by atoms with E-state index in [-0.39, 0.29) is 5.91 Å². The van der Waals surface area contributed by atoms with E-state index < -0.39 is 11.7 Å². The molecule has 0 aliphatic heterocycles. The Bertz CT molecular complexity index is 1090. The highest BCUT2D eigenvalue weighted by atomic mass is 32.1. The molecule has 0 saturated heterocycles. The standard InChI is InChI=1S/C22H22FN3O3S/c1-15-14-30-22(25-21(28)18-7-9-19(23)10-8-18)26(15)13-16-3-5-17(6-4-16)20(27)24-11-12-29-2/h3-10,14H,11-13H2,1-2H3,(H,24,27). The monoisotopic (exact) mass is 427 g/mol. The summed E-state index contributed by atoms with van der Waals surface area (Å²) < 4.78 is 19.9. The van der Waals surface area contributed by atoms with Crippen LogP contribution in [0.25, 0.3) is 0 Å². The van der Waals surface area contributed by atoms with Gasteiger partial charge in [-0.15, -0.1) is 11.3 Å². The Morgan fingerprint density at radius 1 is 1.10 bits per heavy atom. The smallest absolute Gasteiger partial charge is 0.279 e. The van der Waals surface area contributed by atoms with Crippen molar-refractivity contribution in [3.63, 3.8) is 0 Å². The first-order chi connectivity index (χ1) is 14.5. The predicted molar refractivity (Wildman–Crippen MR) is 113 cm³/mol. The molecule has 3 aromatic rings. The topological polar surface area (TPSA) is 72.7 Å². The van der Waals surface area contributed by atoms with Crippen LogP contribution in [0.2, 0.25) is 0 Å². The minimum absolute atomic E-state index is 0.154. The molecule has 0 spiro atoms. The Morgan fingerprint density at radius 2 is 1.77 bits per heavy atom. The number of nitrogens with one attached hydrogen (secondary N) is 1. The molecule has 2 aromatic carbocycles. The number of benzene rings is 2. The van der Waals surface area contributed by atoms with Crippen molar-refractivity contribution in [2.75, 3.05) is 20.3 Å². The molecule has 0 aliphatic rings. The summed E-state index contributed by atoms with van der Waals surface area (Å²) in [7, 11) is 1.58. The van der Waals surface area contributed by atoms with Gasteiger partial charge in [-0.3, -0.25) is 9.59 Å². The molecule has 8 heteroatoms. The Balaban J connectivity index is 1.76. The summed E-state index contributed by atoms with van der Waals surface area (Å²) in [5, 5.41) is 4.71. The second-order valence-corrected chi connectivity index (χ2v) is 7.45. The number of rotatable bonds is 7. The molecule has 3 rings (SSSR count). The van der Waals surface area contributed by atoms with Crippen molar-refractivity contribution in [3.05, 3.63) is 86.9 Å². The van der Waals surface area contributed by atoms with Crippen molar-refractivity contribution >= 4 is 23.2 Å². The third-order valence-corrected chi connectivity index (χ3v) is 5.41.